The van der Waals surface area contributed by atoms with Gasteiger partial charge in [-0.1, -0.05) is 6.07 Å². The molecule has 2 aromatic rings. The fourth-order valence-corrected chi connectivity index (χ4v) is 4.65. The molecule has 0 atom stereocenters. The fourth-order valence-electron chi connectivity index (χ4n) is 2.68. The van der Waals surface area contributed by atoms with Gasteiger partial charge in [0.25, 0.3) is 0 Å². The SMILES string of the molecule is Cc1cnc(NC(=O)CCS(=O)(=O)c2ccc3c(c2)CCC3)s1. The molecule has 1 N–H and O–H groups in total. The highest BCUT2D eigenvalue weighted by atomic mass is 32.2. The third kappa shape index (κ3) is 3.79. The van der Waals surface area contributed by atoms with Crippen molar-refractivity contribution in [2.24, 2.45) is 0 Å². The van der Waals surface area contributed by atoms with Crippen LogP contribution in [0.2, 0.25) is 0 Å². The lowest BCUT2D eigenvalue weighted by Crippen LogP contribution is -2.17. The van der Waals surface area contributed by atoms with Crippen molar-refractivity contribution in [3.05, 3.63) is 40.4 Å². The molecule has 7 heteroatoms. The van der Waals surface area contributed by atoms with Crippen LogP contribution in [0.5, 0.6) is 0 Å². The third-order valence-corrected chi connectivity index (χ3v) is 6.44. The summed E-state index contributed by atoms with van der Waals surface area (Å²) in [5.74, 6) is -0.522. The molecule has 0 spiro atoms. The lowest BCUT2D eigenvalue weighted by atomic mass is 10.1. The van der Waals surface area contributed by atoms with Gasteiger partial charge in [0, 0.05) is 17.5 Å². The molecule has 0 fully saturated rings. The van der Waals surface area contributed by atoms with E-state index in [1.807, 2.05) is 13.0 Å². The first-order chi connectivity index (χ1) is 10.9. The number of hydrogen-bond donors (Lipinski definition) is 1. The van der Waals surface area contributed by atoms with Crippen LogP contribution in [0.3, 0.4) is 0 Å². The summed E-state index contributed by atoms with van der Waals surface area (Å²) in [4.78, 5) is 17.2. The van der Waals surface area contributed by atoms with E-state index in [-0.39, 0.29) is 18.1 Å². The van der Waals surface area contributed by atoms with Crippen LogP contribution in [0, 0.1) is 6.92 Å². The highest BCUT2D eigenvalue weighted by Gasteiger charge is 2.20. The minimum absolute atomic E-state index is 0.0714. The quantitative estimate of drug-likeness (QED) is 0.899. The minimum Gasteiger partial charge on any atom is -0.302 e. The Hall–Kier alpha value is -1.73. The van der Waals surface area contributed by atoms with E-state index in [2.05, 4.69) is 10.3 Å². The second kappa shape index (κ2) is 6.41. The number of thiazole rings is 1. The fraction of sp³-hybridized carbons (Fsp3) is 0.375. The molecule has 0 aliphatic heterocycles. The van der Waals surface area contributed by atoms with Gasteiger partial charge in [0.05, 0.1) is 10.6 Å². The van der Waals surface area contributed by atoms with Crippen molar-refractivity contribution >= 4 is 32.2 Å². The summed E-state index contributed by atoms with van der Waals surface area (Å²) >= 11 is 1.37. The Morgan fingerprint density at radius 1 is 1.30 bits per heavy atom. The van der Waals surface area contributed by atoms with Crippen molar-refractivity contribution in [2.45, 2.75) is 37.5 Å². The van der Waals surface area contributed by atoms with Crippen LogP contribution in [0.4, 0.5) is 5.13 Å². The van der Waals surface area contributed by atoms with Gasteiger partial charge in [0.15, 0.2) is 15.0 Å². The Kier molecular flexibility index (Phi) is 4.50. The Labute approximate surface area is 139 Å². The topological polar surface area (TPSA) is 76.1 Å². The average molecular weight is 350 g/mol. The van der Waals surface area contributed by atoms with Crippen LogP contribution >= 0.6 is 11.3 Å². The third-order valence-electron chi connectivity index (χ3n) is 3.89. The summed E-state index contributed by atoms with van der Waals surface area (Å²) in [6, 6.07) is 5.31. The molecular formula is C16H18N2O3S2. The molecule has 0 unspecified atom stereocenters. The Balaban J connectivity index is 1.63. The normalized spacial score (nSPS) is 13.8. The molecule has 1 aliphatic carbocycles. The zero-order chi connectivity index (χ0) is 16.4. The van der Waals surface area contributed by atoms with Crippen molar-refractivity contribution in [3.8, 4) is 0 Å². The number of carbonyl (C=O) groups excluding carboxylic acids is 1. The van der Waals surface area contributed by atoms with Crippen LogP contribution in [0.1, 0.15) is 28.8 Å². The summed E-state index contributed by atoms with van der Waals surface area (Å²) in [6.07, 6.45) is 4.63. The van der Waals surface area contributed by atoms with Gasteiger partial charge in [-0.25, -0.2) is 13.4 Å². The van der Waals surface area contributed by atoms with Crippen molar-refractivity contribution in [1.29, 1.82) is 0 Å². The van der Waals surface area contributed by atoms with Crippen LogP contribution in [0.25, 0.3) is 0 Å². The summed E-state index contributed by atoms with van der Waals surface area (Å²) in [7, 11) is -3.44. The zero-order valence-corrected chi connectivity index (χ0v) is 14.5. The molecule has 3 rings (SSSR count). The molecule has 1 amide bonds. The van der Waals surface area contributed by atoms with Crippen molar-refractivity contribution in [3.63, 3.8) is 0 Å². The van der Waals surface area contributed by atoms with Gasteiger partial charge < -0.3 is 5.32 Å². The van der Waals surface area contributed by atoms with Gasteiger partial charge in [-0.2, -0.15) is 0 Å². The maximum absolute atomic E-state index is 12.4. The van der Waals surface area contributed by atoms with E-state index in [1.54, 1.807) is 18.3 Å². The van der Waals surface area contributed by atoms with Crippen molar-refractivity contribution < 1.29 is 13.2 Å². The number of hydrogen-bond acceptors (Lipinski definition) is 5. The Morgan fingerprint density at radius 2 is 2.09 bits per heavy atom. The maximum atomic E-state index is 12.4. The highest BCUT2D eigenvalue weighted by Crippen LogP contribution is 2.25. The molecule has 0 radical (unpaired) electrons. The van der Waals surface area contributed by atoms with Crippen LogP contribution in [0.15, 0.2) is 29.3 Å². The average Bonchev–Trinajstić information content (AvgIpc) is 3.13. The first kappa shape index (κ1) is 16.1. The van der Waals surface area contributed by atoms with E-state index in [0.29, 0.717) is 10.0 Å². The standard InChI is InChI=1S/C16H18N2O3S2/c1-11-10-17-16(22-11)18-15(19)7-8-23(20,21)14-6-5-12-3-2-4-13(12)9-14/h5-6,9-10H,2-4,7-8H2,1H3,(H,17,18,19). The van der Waals surface area contributed by atoms with E-state index in [0.717, 1.165) is 29.7 Å². The monoisotopic (exact) mass is 350 g/mol. The molecule has 1 aromatic heterocycles. The smallest absolute Gasteiger partial charge is 0.227 e. The molecular weight excluding hydrogens is 332 g/mol. The molecule has 0 saturated carbocycles. The first-order valence-corrected chi connectivity index (χ1v) is 9.98. The molecule has 122 valence electrons. The van der Waals surface area contributed by atoms with E-state index in [4.69, 9.17) is 0 Å². The lowest BCUT2D eigenvalue weighted by Gasteiger charge is -2.07. The minimum atomic E-state index is -3.44. The van der Waals surface area contributed by atoms with E-state index >= 15 is 0 Å². The number of nitrogens with zero attached hydrogens (tertiary/aromatic N) is 1. The predicted molar refractivity (Wildman–Crippen MR) is 90.6 cm³/mol. The number of aryl methyl sites for hydroxylation is 3. The number of aromatic nitrogens is 1. The number of rotatable bonds is 5. The van der Waals surface area contributed by atoms with E-state index < -0.39 is 9.84 Å². The van der Waals surface area contributed by atoms with Gasteiger partial charge in [0.2, 0.25) is 5.91 Å². The Morgan fingerprint density at radius 3 is 2.83 bits per heavy atom. The van der Waals surface area contributed by atoms with E-state index in [1.165, 1.54) is 16.9 Å². The molecule has 1 heterocycles. The molecule has 1 aliphatic rings. The number of sulfone groups is 1. The summed E-state index contributed by atoms with van der Waals surface area (Å²) < 4.78 is 24.8. The number of nitrogens with one attached hydrogen (secondary N) is 1. The van der Waals surface area contributed by atoms with Gasteiger partial charge >= 0.3 is 0 Å². The first-order valence-electron chi connectivity index (χ1n) is 7.51. The molecule has 5 nitrogen and oxygen atoms in total. The predicted octanol–water partition coefficient (Wildman–Crippen LogP) is 2.74. The number of carbonyl (C=O) groups is 1. The summed E-state index contributed by atoms with van der Waals surface area (Å²) in [6.45, 7) is 1.89. The number of benzene rings is 1. The van der Waals surface area contributed by atoms with Crippen molar-refractivity contribution in [1.82, 2.24) is 4.98 Å². The molecule has 23 heavy (non-hydrogen) atoms. The second-order valence-electron chi connectivity index (χ2n) is 5.68. The number of anilines is 1. The van der Waals surface area contributed by atoms with Gasteiger partial charge in [-0.15, -0.1) is 11.3 Å². The molecule has 0 bridgehead atoms. The second-order valence-corrected chi connectivity index (χ2v) is 9.02. The van der Waals surface area contributed by atoms with Gasteiger partial charge in [-0.05, 0) is 49.4 Å². The largest absolute Gasteiger partial charge is 0.302 e. The Bertz CT molecular complexity index is 841. The van der Waals surface area contributed by atoms with Crippen LogP contribution in [-0.2, 0) is 27.5 Å². The summed E-state index contributed by atoms with van der Waals surface area (Å²) in [5.41, 5.74) is 2.36. The van der Waals surface area contributed by atoms with Crippen LogP contribution < -0.4 is 5.32 Å². The van der Waals surface area contributed by atoms with Gasteiger partial charge in [-0.3, -0.25) is 4.79 Å². The summed E-state index contributed by atoms with van der Waals surface area (Å²) in [5, 5.41) is 3.13. The van der Waals surface area contributed by atoms with E-state index in [9.17, 15) is 13.2 Å². The van der Waals surface area contributed by atoms with Crippen LogP contribution in [-0.4, -0.2) is 25.1 Å². The van der Waals surface area contributed by atoms with Crippen molar-refractivity contribution in [2.75, 3.05) is 11.1 Å². The molecule has 1 aromatic carbocycles. The molecule has 0 saturated heterocycles. The number of amides is 1. The maximum Gasteiger partial charge on any atom is 0.227 e. The number of fused-ring (bicyclic) bond motifs is 1. The lowest BCUT2D eigenvalue weighted by molar-refractivity contribution is -0.115. The zero-order valence-electron chi connectivity index (χ0n) is 12.8. The van der Waals surface area contributed by atoms with Gasteiger partial charge in [0.1, 0.15) is 0 Å². The highest BCUT2D eigenvalue weighted by molar-refractivity contribution is 7.91.